The quantitative estimate of drug-likeness (QED) is 0.507. The molecule has 6 nitrogen and oxygen atoms in total. The minimum Gasteiger partial charge on any atom is -0.497 e. The SMILES string of the molecule is COc1ccc(/C=N\Nc2nc3c(c(=O)[nH]2)C2(CCCC2)Cc2ccccc2-3)cc1. The Bertz CT molecular complexity index is 1160. The van der Waals surface area contributed by atoms with E-state index in [1.54, 1.807) is 13.3 Å². The first-order chi connectivity index (χ1) is 14.7. The largest absolute Gasteiger partial charge is 0.497 e. The molecule has 2 N–H and O–H groups in total. The average Bonchev–Trinajstić information content (AvgIpc) is 3.22. The number of nitrogens with zero attached hydrogens (tertiary/aromatic N) is 2. The number of methoxy groups -OCH3 is 1. The van der Waals surface area contributed by atoms with Crippen molar-refractivity contribution in [2.45, 2.75) is 37.5 Å². The minimum absolute atomic E-state index is 0.0569. The first-order valence-electron chi connectivity index (χ1n) is 10.3. The van der Waals surface area contributed by atoms with Crippen molar-refractivity contribution in [2.75, 3.05) is 12.5 Å². The highest BCUT2D eigenvalue weighted by molar-refractivity contribution is 5.80. The van der Waals surface area contributed by atoms with Gasteiger partial charge >= 0.3 is 0 Å². The molecule has 0 radical (unpaired) electrons. The predicted molar refractivity (Wildman–Crippen MR) is 118 cm³/mol. The number of benzene rings is 2. The molecular weight excluding hydrogens is 376 g/mol. The Balaban J connectivity index is 1.50. The van der Waals surface area contributed by atoms with Crippen molar-refractivity contribution >= 4 is 12.2 Å². The van der Waals surface area contributed by atoms with Crippen LogP contribution in [0.4, 0.5) is 5.95 Å². The lowest BCUT2D eigenvalue weighted by molar-refractivity contribution is 0.415. The van der Waals surface area contributed by atoms with E-state index in [2.05, 4.69) is 33.7 Å². The van der Waals surface area contributed by atoms with Crippen molar-refractivity contribution in [3.8, 4) is 17.0 Å². The summed E-state index contributed by atoms with van der Waals surface area (Å²) < 4.78 is 5.17. The standard InChI is InChI=1S/C24H24N4O2/c1-30-18-10-8-16(9-11-18)15-25-28-23-26-21-19-7-3-2-6-17(19)14-24(12-4-5-13-24)20(21)22(29)27-23/h2-3,6-11,15H,4-5,12-14H2,1H3,(H2,26,27,28,29)/b25-15-. The highest BCUT2D eigenvalue weighted by atomic mass is 16.5. The number of nitrogens with one attached hydrogen (secondary N) is 2. The molecule has 1 spiro atoms. The van der Waals surface area contributed by atoms with E-state index in [1.165, 1.54) is 5.56 Å². The Morgan fingerprint density at radius 3 is 2.67 bits per heavy atom. The smallest absolute Gasteiger partial charge is 0.256 e. The van der Waals surface area contributed by atoms with E-state index >= 15 is 0 Å². The van der Waals surface area contributed by atoms with Gasteiger partial charge < -0.3 is 4.74 Å². The molecule has 0 atom stereocenters. The number of aromatic amines is 1. The summed E-state index contributed by atoms with van der Waals surface area (Å²) in [7, 11) is 1.64. The third-order valence-corrected chi connectivity index (χ3v) is 6.31. The van der Waals surface area contributed by atoms with Crippen LogP contribution < -0.4 is 15.7 Å². The van der Waals surface area contributed by atoms with Gasteiger partial charge in [0.15, 0.2) is 0 Å². The lowest BCUT2D eigenvalue weighted by atomic mass is 9.68. The number of hydrazone groups is 1. The maximum absolute atomic E-state index is 13.2. The van der Waals surface area contributed by atoms with E-state index in [1.807, 2.05) is 30.3 Å². The lowest BCUT2D eigenvalue weighted by Crippen LogP contribution is -2.37. The number of rotatable bonds is 4. The van der Waals surface area contributed by atoms with Crippen molar-refractivity contribution < 1.29 is 4.74 Å². The van der Waals surface area contributed by atoms with Gasteiger partial charge in [0.25, 0.3) is 5.56 Å². The zero-order valence-electron chi connectivity index (χ0n) is 16.9. The summed E-state index contributed by atoms with van der Waals surface area (Å²) in [6.45, 7) is 0. The number of ether oxygens (including phenoxy) is 1. The van der Waals surface area contributed by atoms with Crippen LogP contribution in [0.5, 0.6) is 5.75 Å². The van der Waals surface area contributed by atoms with Gasteiger partial charge in [-0.1, -0.05) is 37.1 Å². The van der Waals surface area contributed by atoms with Crippen LogP contribution in [0.25, 0.3) is 11.3 Å². The number of anilines is 1. The van der Waals surface area contributed by atoms with Crippen LogP contribution in [-0.2, 0) is 11.8 Å². The van der Waals surface area contributed by atoms with Gasteiger partial charge in [0.05, 0.1) is 24.6 Å². The Labute approximate surface area is 175 Å². The number of aromatic nitrogens is 2. The second kappa shape index (κ2) is 7.44. The number of H-pyrrole nitrogens is 1. The van der Waals surface area contributed by atoms with Gasteiger partial charge in [-0.05, 0) is 54.7 Å². The lowest BCUT2D eigenvalue weighted by Gasteiger charge is -2.35. The zero-order valence-corrected chi connectivity index (χ0v) is 16.9. The summed E-state index contributed by atoms with van der Waals surface area (Å²) in [6, 6.07) is 15.9. The number of hydrogen-bond acceptors (Lipinski definition) is 5. The summed E-state index contributed by atoms with van der Waals surface area (Å²) >= 11 is 0. The summed E-state index contributed by atoms with van der Waals surface area (Å²) in [5.41, 5.74) is 7.64. The molecule has 1 aromatic heterocycles. The highest BCUT2D eigenvalue weighted by Crippen LogP contribution is 2.49. The topological polar surface area (TPSA) is 79.4 Å². The molecule has 1 fully saturated rings. The van der Waals surface area contributed by atoms with Crippen molar-refractivity contribution in [2.24, 2.45) is 5.10 Å². The fourth-order valence-corrected chi connectivity index (χ4v) is 4.91. The third-order valence-electron chi connectivity index (χ3n) is 6.31. The van der Waals surface area contributed by atoms with E-state index < -0.39 is 0 Å². The van der Waals surface area contributed by atoms with Crippen molar-refractivity contribution in [3.63, 3.8) is 0 Å². The molecule has 0 aliphatic heterocycles. The van der Waals surface area contributed by atoms with Gasteiger partial charge in [-0.3, -0.25) is 9.78 Å². The van der Waals surface area contributed by atoms with E-state index in [-0.39, 0.29) is 11.0 Å². The fourth-order valence-electron chi connectivity index (χ4n) is 4.91. The summed E-state index contributed by atoms with van der Waals surface area (Å²) in [4.78, 5) is 20.9. The molecule has 1 saturated carbocycles. The average molecular weight is 400 g/mol. The Morgan fingerprint density at radius 2 is 1.90 bits per heavy atom. The normalized spacial score (nSPS) is 16.4. The molecule has 2 aliphatic carbocycles. The monoisotopic (exact) mass is 400 g/mol. The summed E-state index contributed by atoms with van der Waals surface area (Å²) in [6.07, 6.45) is 7.01. The molecule has 2 aliphatic rings. The molecule has 1 heterocycles. The highest BCUT2D eigenvalue weighted by Gasteiger charge is 2.43. The van der Waals surface area contributed by atoms with Gasteiger partial charge in [-0.2, -0.15) is 5.10 Å². The van der Waals surface area contributed by atoms with E-state index in [0.29, 0.717) is 5.95 Å². The molecular formula is C24H24N4O2. The molecule has 2 aromatic carbocycles. The van der Waals surface area contributed by atoms with Crippen LogP contribution in [0.3, 0.4) is 0 Å². The van der Waals surface area contributed by atoms with Crippen molar-refractivity contribution in [1.82, 2.24) is 9.97 Å². The Hall–Kier alpha value is -3.41. The maximum Gasteiger partial charge on any atom is 0.256 e. The second-order valence-electron chi connectivity index (χ2n) is 8.10. The van der Waals surface area contributed by atoms with Crippen LogP contribution in [-0.4, -0.2) is 23.3 Å². The zero-order chi connectivity index (χ0) is 20.6. The van der Waals surface area contributed by atoms with Gasteiger partial charge in [0, 0.05) is 11.0 Å². The molecule has 0 saturated heterocycles. The first-order valence-corrected chi connectivity index (χ1v) is 10.3. The Morgan fingerprint density at radius 1 is 1.13 bits per heavy atom. The molecule has 0 unspecified atom stereocenters. The predicted octanol–water partition coefficient (Wildman–Crippen LogP) is 4.26. The third kappa shape index (κ3) is 3.18. The second-order valence-corrected chi connectivity index (χ2v) is 8.10. The molecule has 6 heteroatoms. The van der Waals surface area contributed by atoms with E-state index in [4.69, 9.17) is 9.72 Å². The van der Waals surface area contributed by atoms with Crippen molar-refractivity contribution in [1.29, 1.82) is 0 Å². The van der Waals surface area contributed by atoms with Gasteiger partial charge in [0.2, 0.25) is 5.95 Å². The number of fused-ring (bicyclic) bond motifs is 4. The van der Waals surface area contributed by atoms with Crippen LogP contribution in [0.2, 0.25) is 0 Å². The molecule has 0 bridgehead atoms. The van der Waals surface area contributed by atoms with Gasteiger partial charge in [0.1, 0.15) is 5.75 Å². The molecule has 152 valence electrons. The van der Waals surface area contributed by atoms with Crippen LogP contribution >= 0.6 is 0 Å². The van der Waals surface area contributed by atoms with Gasteiger partial charge in [-0.15, -0.1) is 0 Å². The summed E-state index contributed by atoms with van der Waals surface area (Å²) in [5, 5.41) is 4.25. The van der Waals surface area contributed by atoms with E-state index in [9.17, 15) is 4.79 Å². The van der Waals surface area contributed by atoms with E-state index in [0.717, 1.165) is 60.2 Å². The fraction of sp³-hybridized carbons (Fsp3) is 0.292. The van der Waals surface area contributed by atoms with Crippen LogP contribution in [0.15, 0.2) is 58.4 Å². The van der Waals surface area contributed by atoms with Crippen LogP contribution in [0, 0.1) is 0 Å². The minimum atomic E-state index is -0.0881. The number of hydrogen-bond donors (Lipinski definition) is 2. The Kier molecular flexibility index (Phi) is 4.62. The van der Waals surface area contributed by atoms with Crippen molar-refractivity contribution in [3.05, 3.63) is 75.6 Å². The summed E-state index contributed by atoms with van der Waals surface area (Å²) in [5.74, 6) is 1.15. The molecule has 3 aromatic rings. The molecule has 30 heavy (non-hydrogen) atoms. The van der Waals surface area contributed by atoms with Crippen LogP contribution in [0.1, 0.15) is 42.4 Å². The molecule has 5 rings (SSSR count). The van der Waals surface area contributed by atoms with Gasteiger partial charge in [-0.25, -0.2) is 10.4 Å². The maximum atomic E-state index is 13.2. The molecule has 0 amide bonds. The first kappa shape index (κ1) is 18.6.